The van der Waals surface area contributed by atoms with Crippen molar-refractivity contribution in [1.82, 2.24) is 0 Å². The number of nitrogens with one attached hydrogen (secondary N) is 1. The van der Waals surface area contributed by atoms with E-state index in [1.54, 1.807) is 6.07 Å². The van der Waals surface area contributed by atoms with E-state index in [-0.39, 0.29) is 12.0 Å². The van der Waals surface area contributed by atoms with Crippen LogP contribution in [0.15, 0.2) is 18.2 Å². The summed E-state index contributed by atoms with van der Waals surface area (Å²) < 4.78 is 0. The second-order valence-corrected chi connectivity index (χ2v) is 4.71. The average Bonchev–Trinajstić information content (AvgIpc) is 3.17. The standard InChI is InChI=1S/C13H13N3O2/c14-7-8-1-2-11-10(5-8)15-3-4-16(11)12-6-9(12)13(17)18/h1-2,5,9,12,15H,3-4,6H2,(H,17,18). The molecule has 2 aliphatic rings. The van der Waals surface area contributed by atoms with Crippen molar-refractivity contribution in [3.63, 3.8) is 0 Å². The third-order valence-corrected chi connectivity index (χ3v) is 3.58. The fourth-order valence-corrected chi connectivity index (χ4v) is 2.57. The maximum atomic E-state index is 10.9. The van der Waals surface area contributed by atoms with Crippen LogP contribution < -0.4 is 10.2 Å². The van der Waals surface area contributed by atoms with Crippen molar-refractivity contribution < 1.29 is 9.90 Å². The van der Waals surface area contributed by atoms with Gasteiger partial charge in [0.1, 0.15) is 0 Å². The van der Waals surface area contributed by atoms with Gasteiger partial charge in [-0.2, -0.15) is 5.26 Å². The van der Waals surface area contributed by atoms with Crippen LogP contribution in [0, 0.1) is 17.2 Å². The van der Waals surface area contributed by atoms with E-state index in [1.807, 2.05) is 12.1 Å². The van der Waals surface area contributed by atoms with Gasteiger partial charge in [0.25, 0.3) is 0 Å². The predicted molar refractivity (Wildman–Crippen MR) is 66.5 cm³/mol. The van der Waals surface area contributed by atoms with Gasteiger partial charge in [-0.1, -0.05) is 0 Å². The summed E-state index contributed by atoms with van der Waals surface area (Å²) in [7, 11) is 0. The Kier molecular flexibility index (Phi) is 2.37. The first kappa shape index (κ1) is 10.9. The maximum Gasteiger partial charge on any atom is 0.308 e. The van der Waals surface area contributed by atoms with Gasteiger partial charge in [-0.3, -0.25) is 4.79 Å². The van der Waals surface area contributed by atoms with Gasteiger partial charge < -0.3 is 15.3 Å². The molecule has 1 aliphatic carbocycles. The van der Waals surface area contributed by atoms with Gasteiger partial charge in [-0.25, -0.2) is 0 Å². The van der Waals surface area contributed by atoms with E-state index >= 15 is 0 Å². The van der Waals surface area contributed by atoms with Crippen LogP contribution in [-0.4, -0.2) is 30.2 Å². The molecule has 18 heavy (non-hydrogen) atoms. The molecular formula is C13H13N3O2. The third-order valence-electron chi connectivity index (χ3n) is 3.58. The second-order valence-electron chi connectivity index (χ2n) is 4.71. The lowest BCUT2D eigenvalue weighted by atomic mass is 10.1. The van der Waals surface area contributed by atoms with Crippen molar-refractivity contribution in [3.8, 4) is 6.07 Å². The fraction of sp³-hybridized carbons (Fsp3) is 0.385. The summed E-state index contributed by atoms with van der Waals surface area (Å²) in [6.45, 7) is 1.60. The zero-order valence-electron chi connectivity index (χ0n) is 9.76. The number of hydrogen-bond donors (Lipinski definition) is 2. The molecule has 3 rings (SSSR count). The highest BCUT2D eigenvalue weighted by atomic mass is 16.4. The molecule has 1 heterocycles. The molecule has 1 aromatic carbocycles. The van der Waals surface area contributed by atoms with E-state index < -0.39 is 5.97 Å². The minimum absolute atomic E-state index is 0.108. The van der Waals surface area contributed by atoms with Crippen molar-refractivity contribution in [2.45, 2.75) is 12.5 Å². The Balaban J connectivity index is 1.89. The molecule has 5 heteroatoms. The Bertz CT molecular complexity index is 550. The summed E-state index contributed by atoms with van der Waals surface area (Å²) in [6.07, 6.45) is 0.717. The summed E-state index contributed by atoms with van der Waals surface area (Å²) in [6, 6.07) is 7.71. The van der Waals surface area contributed by atoms with E-state index in [4.69, 9.17) is 10.4 Å². The van der Waals surface area contributed by atoms with E-state index in [2.05, 4.69) is 16.3 Å². The Morgan fingerprint density at radius 3 is 3.06 bits per heavy atom. The number of carboxylic acid groups (broad SMARTS) is 1. The van der Waals surface area contributed by atoms with Crippen LogP contribution in [0.25, 0.3) is 0 Å². The van der Waals surface area contributed by atoms with Gasteiger partial charge >= 0.3 is 5.97 Å². The molecule has 0 amide bonds. The van der Waals surface area contributed by atoms with Gasteiger partial charge in [0.2, 0.25) is 0 Å². The molecule has 2 atom stereocenters. The van der Waals surface area contributed by atoms with Crippen LogP contribution in [0.2, 0.25) is 0 Å². The minimum atomic E-state index is -0.714. The van der Waals surface area contributed by atoms with E-state index in [1.165, 1.54) is 0 Å². The van der Waals surface area contributed by atoms with Gasteiger partial charge in [0.15, 0.2) is 0 Å². The fourth-order valence-electron chi connectivity index (χ4n) is 2.57. The van der Waals surface area contributed by atoms with Gasteiger partial charge in [-0.05, 0) is 24.6 Å². The lowest BCUT2D eigenvalue weighted by Crippen LogP contribution is -2.37. The Morgan fingerprint density at radius 2 is 2.39 bits per heavy atom. The van der Waals surface area contributed by atoms with Crippen LogP contribution >= 0.6 is 0 Å². The summed E-state index contributed by atoms with van der Waals surface area (Å²) >= 11 is 0. The topological polar surface area (TPSA) is 76.4 Å². The molecule has 1 aliphatic heterocycles. The lowest BCUT2D eigenvalue weighted by molar-refractivity contribution is -0.138. The number of fused-ring (bicyclic) bond motifs is 1. The highest BCUT2D eigenvalue weighted by Gasteiger charge is 2.48. The normalized spacial score (nSPS) is 24.7. The molecule has 0 saturated heterocycles. The third kappa shape index (κ3) is 1.66. The molecule has 0 spiro atoms. The number of carbonyl (C=O) groups is 1. The molecule has 1 saturated carbocycles. The molecule has 0 bridgehead atoms. The van der Waals surface area contributed by atoms with Crippen molar-refractivity contribution in [2.24, 2.45) is 5.92 Å². The quantitative estimate of drug-likeness (QED) is 0.817. The molecule has 1 fully saturated rings. The Labute approximate surface area is 105 Å². The predicted octanol–water partition coefficient (Wildman–Crippen LogP) is 1.26. The second kappa shape index (κ2) is 3.91. The van der Waals surface area contributed by atoms with Gasteiger partial charge in [0, 0.05) is 19.1 Å². The molecule has 2 unspecified atom stereocenters. The lowest BCUT2D eigenvalue weighted by Gasteiger charge is -2.32. The molecule has 1 aromatic rings. The SMILES string of the molecule is N#Cc1ccc2c(c1)NCCN2C1CC1C(=O)O. The first-order valence-electron chi connectivity index (χ1n) is 5.98. The number of carboxylic acids is 1. The number of aliphatic carboxylic acids is 1. The highest BCUT2D eigenvalue weighted by Crippen LogP contribution is 2.42. The highest BCUT2D eigenvalue weighted by molar-refractivity contribution is 5.79. The van der Waals surface area contributed by atoms with Gasteiger partial charge in [0.05, 0.1) is 28.9 Å². The number of nitrogens with zero attached hydrogens (tertiary/aromatic N) is 2. The summed E-state index contributed by atoms with van der Waals surface area (Å²) in [5.41, 5.74) is 2.55. The van der Waals surface area contributed by atoms with Crippen molar-refractivity contribution in [1.29, 1.82) is 5.26 Å². The molecule has 5 nitrogen and oxygen atoms in total. The van der Waals surface area contributed by atoms with Crippen molar-refractivity contribution in [2.75, 3.05) is 23.3 Å². The van der Waals surface area contributed by atoms with E-state index in [9.17, 15) is 4.79 Å². The minimum Gasteiger partial charge on any atom is -0.481 e. The molecule has 0 radical (unpaired) electrons. The van der Waals surface area contributed by atoms with Gasteiger partial charge in [-0.15, -0.1) is 0 Å². The van der Waals surface area contributed by atoms with Crippen LogP contribution in [0.3, 0.4) is 0 Å². The summed E-state index contributed by atoms with van der Waals surface area (Å²) in [5, 5.41) is 21.1. The number of anilines is 2. The first-order valence-corrected chi connectivity index (χ1v) is 5.98. The largest absolute Gasteiger partial charge is 0.481 e. The van der Waals surface area contributed by atoms with Crippen molar-refractivity contribution in [3.05, 3.63) is 23.8 Å². The number of hydrogen-bond acceptors (Lipinski definition) is 4. The molecule has 0 aromatic heterocycles. The van der Waals surface area contributed by atoms with E-state index in [0.717, 1.165) is 30.9 Å². The van der Waals surface area contributed by atoms with Crippen molar-refractivity contribution >= 4 is 17.3 Å². The zero-order valence-corrected chi connectivity index (χ0v) is 9.76. The molecule has 2 N–H and O–H groups in total. The summed E-state index contributed by atoms with van der Waals surface area (Å²) in [4.78, 5) is 13.1. The van der Waals surface area contributed by atoms with Crippen LogP contribution in [-0.2, 0) is 4.79 Å². The number of nitriles is 1. The van der Waals surface area contributed by atoms with Crippen LogP contribution in [0.1, 0.15) is 12.0 Å². The van der Waals surface area contributed by atoms with Crippen LogP contribution in [0.4, 0.5) is 11.4 Å². The van der Waals surface area contributed by atoms with E-state index in [0.29, 0.717) is 5.56 Å². The zero-order chi connectivity index (χ0) is 12.7. The molecular weight excluding hydrogens is 230 g/mol. The average molecular weight is 243 g/mol. The number of benzene rings is 1. The first-order chi connectivity index (χ1) is 8.70. The number of rotatable bonds is 2. The molecule has 92 valence electrons. The smallest absolute Gasteiger partial charge is 0.308 e. The Morgan fingerprint density at radius 1 is 1.56 bits per heavy atom. The summed E-state index contributed by atoms with van der Waals surface area (Å²) in [5.74, 6) is -0.958. The Hall–Kier alpha value is -2.22. The maximum absolute atomic E-state index is 10.9. The monoisotopic (exact) mass is 243 g/mol. The van der Waals surface area contributed by atoms with Crippen LogP contribution in [0.5, 0.6) is 0 Å².